The zero-order chi connectivity index (χ0) is 19.7. The molecular weight excluding hydrogens is 359 g/mol. The lowest BCUT2D eigenvalue weighted by Crippen LogP contribution is -2.37. The van der Waals surface area contributed by atoms with Crippen LogP contribution in [0.15, 0.2) is 48.5 Å². The first-order valence-electron chi connectivity index (χ1n) is 9.27. The first-order valence-corrected chi connectivity index (χ1v) is 9.27. The third kappa shape index (κ3) is 3.55. The number of benzene rings is 2. The first-order chi connectivity index (χ1) is 13.5. The summed E-state index contributed by atoms with van der Waals surface area (Å²) in [7, 11) is 2.02. The standard InChI is InChI=1S/C22H21FN2O3/c1-25(18-8-10-28-11-9-18)20-13-16-12-15(22(26)27)4-7-19(16)24-21(20)14-2-5-17(23)6-3-14/h2-7,12-13,18H,8-11H2,1H3,(H,26,27). The van der Waals surface area contributed by atoms with Gasteiger partial charge in [-0.2, -0.15) is 0 Å². The molecule has 1 aliphatic rings. The number of ether oxygens (including phenoxy) is 1. The van der Waals surface area contributed by atoms with Crippen LogP contribution in [0.25, 0.3) is 22.2 Å². The number of fused-ring (bicyclic) bond motifs is 1. The second-order valence-electron chi connectivity index (χ2n) is 7.03. The highest BCUT2D eigenvalue weighted by molar-refractivity contribution is 5.96. The molecule has 5 nitrogen and oxygen atoms in total. The number of halogens is 1. The molecule has 2 aromatic carbocycles. The highest BCUT2D eigenvalue weighted by atomic mass is 19.1. The maximum atomic E-state index is 13.4. The van der Waals surface area contributed by atoms with Crippen LogP contribution < -0.4 is 4.90 Å². The van der Waals surface area contributed by atoms with E-state index in [-0.39, 0.29) is 11.4 Å². The Hall–Kier alpha value is -2.99. The van der Waals surface area contributed by atoms with Crippen LogP contribution in [0.1, 0.15) is 23.2 Å². The second-order valence-corrected chi connectivity index (χ2v) is 7.03. The van der Waals surface area contributed by atoms with E-state index in [0.717, 1.165) is 35.2 Å². The van der Waals surface area contributed by atoms with Crippen molar-refractivity contribution in [3.63, 3.8) is 0 Å². The van der Waals surface area contributed by atoms with Crippen LogP contribution in [0, 0.1) is 5.82 Å². The smallest absolute Gasteiger partial charge is 0.335 e. The molecule has 4 rings (SSSR count). The number of carboxylic acid groups (broad SMARTS) is 1. The Labute approximate surface area is 162 Å². The van der Waals surface area contributed by atoms with E-state index in [1.165, 1.54) is 12.1 Å². The van der Waals surface area contributed by atoms with Crippen LogP contribution in [0.5, 0.6) is 0 Å². The van der Waals surface area contributed by atoms with Gasteiger partial charge in [0, 0.05) is 37.3 Å². The fourth-order valence-electron chi connectivity index (χ4n) is 3.66. The number of anilines is 1. The van der Waals surface area contributed by atoms with Gasteiger partial charge in [-0.1, -0.05) is 0 Å². The third-order valence-corrected chi connectivity index (χ3v) is 5.28. The first kappa shape index (κ1) is 18.4. The molecule has 0 aliphatic carbocycles. The average molecular weight is 380 g/mol. The van der Waals surface area contributed by atoms with E-state index in [1.807, 2.05) is 13.1 Å². The molecule has 1 saturated heterocycles. The van der Waals surface area contributed by atoms with Crippen LogP contribution in [-0.4, -0.2) is 42.4 Å². The predicted octanol–water partition coefficient (Wildman–Crippen LogP) is 4.35. The molecule has 0 bridgehead atoms. The van der Waals surface area contributed by atoms with Gasteiger partial charge < -0.3 is 14.7 Å². The van der Waals surface area contributed by atoms with Crippen molar-refractivity contribution in [3.8, 4) is 11.3 Å². The summed E-state index contributed by atoms with van der Waals surface area (Å²) >= 11 is 0. The van der Waals surface area contributed by atoms with Gasteiger partial charge in [-0.25, -0.2) is 14.2 Å². The number of rotatable bonds is 4. The summed E-state index contributed by atoms with van der Waals surface area (Å²) in [5, 5.41) is 10.1. The van der Waals surface area contributed by atoms with Crippen molar-refractivity contribution in [1.82, 2.24) is 4.98 Å². The number of aromatic carboxylic acids is 1. The largest absolute Gasteiger partial charge is 0.478 e. The number of hydrogen-bond acceptors (Lipinski definition) is 4. The monoisotopic (exact) mass is 380 g/mol. The molecule has 0 unspecified atom stereocenters. The van der Waals surface area contributed by atoms with Crippen LogP contribution in [0.3, 0.4) is 0 Å². The van der Waals surface area contributed by atoms with Gasteiger partial charge in [0.15, 0.2) is 0 Å². The van der Waals surface area contributed by atoms with Crippen molar-refractivity contribution in [1.29, 1.82) is 0 Å². The molecule has 1 aliphatic heterocycles. The third-order valence-electron chi connectivity index (χ3n) is 5.28. The zero-order valence-corrected chi connectivity index (χ0v) is 15.6. The molecule has 0 amide bonds. The van der Waals surface area contributed by atoms with Crippen LogP contribution >= 0.6 is 0 Å². The van der Waals surface area contributed by atoms with Crippen molar-refractivity contribution in [2.75, 3.05) is 25.2 Å². The lowest BCUT2D eigenvalue weighted by atomic mass is 10.0. The zero-order valence-electron chi connectivity index (χ0n) is 15.6. The summed E-state index contributed by atoms with van der Waals surface area (Å²) in [5.74, 6) is -1.26. The normalized spacial score (nSPS) is 14.9. The quantitative estimate of drug-likeness (QED) is 0.729. The van der Waals surface area contributed by atoms with Crippen molar-refractivity contribution < 1.29 is 19.0 Å². The van der Waals surface area contributed by atoms with Crippen molar-refractivity contribution in [3.05, 3.63) is 59.9 Å². The second kappa shape index (κ2) is 7.56. The molecular formula is C22H21FN2O3. The van der Waals surface area contributed by atoms with Gasteiger partial charge >= 0.3 is 5.97 Å². The molecule has 0 radical (unpaired) electrons. The van der Waals surface area contributed by atoms with Crippen LogP contribution in [0.2, 0.25) is 0 Å². The molecule has 3 aromatic rings. The Morgan fingerprint density at radius 3 is 2.54 bits per heavy atom. The topological polar surface area (TPSA) is 62.7 Å². The number of carbonyl (C=O) groups is 1. The molecule has 1 N–H and O–H groups in total. The fraction of sp³-hybridized carbons (Fsp3) is 0.273. The Balaban J connectivity index is 1.87. The van der Waals surface area contributed by atoms with E-state index >= 15 is 0 Å². The van der Waals surface area contributed by atoms with E-state index in [4.69, 9.17) is 9.72 Å². The minimum Gasteiger partial charge on any atom is -0.478 e. The van der Waals surface area contributed by atoms with E-state index < -0.39 is 5.97 Å². The molecule has 28 heavy (non-hydrogen) atoms. The maximum absolute atomic E-state index is 13.4. The summed E-state index contributed by atoms with van der Waals surface area (Å²) in [5.41, 5.74) is 3.40. The Kier molecular flexibility index (Phi) is 4.96. The van der Waals surface area contributed by atoms with E-state index in [0.29, 0.717) is 24.8 Å². The van der Waals surface area contributed by atoms with Gasteiger partial charge in [0.05, 0.1) is 22.5 Å². The molecule has 0 spiro atoms. The van der Waals surface area contributed by atoms with Crippen LogP contribution in [-0.2, 0) is 4.74 Å². The SMILES string of the molecule is CN(c1cc2cc(C(=O)O)ccc2nc1-c1ccc(F)cc1)C1CCOCC1. The fourth-order valence-corrected chi connectivity index (χ4v) is 3.66. The Bertz CT molecular complexity index is 1010. The van der Waals surface area contributed by atoms with Gasteiger partial charge in [0.2, 0.25) is 0 Å². The van der Waals surface area contributed by atoms with Gasteiger partial charge in [0.1, 0.15) is 5.82 Å². The van der Waals surface area contributed by atoms with Crippen molar-refractivity contribution in [2.45, 2.75) is 18.9 Å². The molecule has 1 fully saturated rings. The summed E-state index contributed by atoms with van der Waals surface area (Å²) < 4.78 is 18.9. The number of aromatic nitrogens is 1. The van der Waals surface area contributed by atoms with Gasteiger partial charge in [0.25, 0.3) is 0 Å². The highest BCUT2D eigenvalue weighted by Crippen LogP contribution is 2.34. The van der Waals surface area contributed by atoms with E-state index in [1.54, 1.807) is 30.3 Å². The van der Waals surface area contributed by atoms with Gasteiger partial charge in [-0.15, -0.1) is 0 Å². The van der Waals surface area contributed by atoms with Gasteiger partial charge in [-0.05, 0) is 61.4 Å². The minimum atomic E-state index is -0.969. The minimum absolute atomic E-state index is 0.225. The summed E-state index contributed by atoms with van der Waals surface area (Å²) in [4.78, 5) is 18.3. The van der Waals surface area contributed by atoms with E-state index in [2.05, 4.69) is 4.90 Å². The van der Waals surface area contributed by atoms with Gasteiger partial charge in [-0.3, -0.25) is 0 Å². The average Bonchev–Trinajstić information content (AvgIpc) is 2.73. The predicted molar refractivity (Wildman–Crippen MR) is 106 cm³/mol. The summed E-state index contributed by atoms with van der Waals surface area (Å²) in [6.07, 6.45) is 1.82. The number of nitrogens with zero attached hydrogens (tertiary/aromatic N) is 2. The maximum Gasteiger partial charge on any atom is 0.335 e. The highest BCUT2D eigenvalue weighted by Gasteiger charge is 2.22. The molecule has 0 saturated carbocycles. The number of hydrogen-bond donors (Lipinski definition) is 1. The summed E-state index contributed by atoms with van der Waals surface area (Å²) in [6, 6.07) is 13.5. The lowest BCUT2D eigenvalue weighted by molar-refractivity contribution is 0.0697. The Morgan fingerprint density at radius 2 is 1.86 bits per heavy atom. The number of carboxylic acids is 1. The molecule has 6 heteroatoms. The van der Waals surface area contributed by atoms with Crippen molar-refractivity contribution >= 4 is 22.6 Å². The van der Waals surface area contributed by atoms with E-state index in [9.17, 15) is 14.3 Å². The molecule has 1 aromatic heterocycles. The van der Waals surface area contributed by atoms with Crippen molar-refractivity contribution in [2.24, 2.45) is 0 Å². The Morgan fingerprint density at radius 1 is 1.14 bits per heavy atom. The molecule has 0 atom stereocenters. The van der Waals surface area contributed by atoms with Crippen LogP contribution in [0.4, 0.5) is 10.1 Å². The summed E-state index contributed by atoms with van der Waals surface area (Å²) in [6.45, 7) is 1.43. The number of pyridine rings is 1. The molecule has 2 heterocycles. The lowest BCUT2D eigenvalue weighted by Gasteiger charge is -2.34. The molecule has 144 valence electrons.